The van der Waals surface area contributed by atoms with Crippen molar-refractivity contribution in [3.05, 3.63) is 48.3 Å². The third kappa shape index (κ3) is 4.31. The number of carbonyl (C=O) groups is 2. The first kappa shape index (κ1) is 18.2. The average molecular weight is 355 g/mol. The fourth-order valence-electron chi connectivity index (χ4n) is 3.28. The van der Waals surface area contributed by atoms with Crippen LogP contribution in [0.25, 0.3) is 5.69 Å². The van der Waals surface area contributed by atoms with Crippen molar-refractivity contribution in [1.82, 2.24) is 15.1 Å². The van der Waals surface area contributed by atoms with Crippen LogP contribution in [0.1, 0.15) is 49.9 Å². The zero-order valence-corrected chi connectivity index (χ0v) is 15.2. The van der Waals surface area contributed by atoms with Crippen LogP contribution in [-0.4, -0.2) is 33.8 Å². The molecule has 1 saturated carbocycles. The third-order valence-electron chi connectivity index (χ3n) is 4.96. The standard InChI is InChI=1S/C20H25N3O3/c1-14-6-3-4-7-18(14)22-19(24)15(2)26-20(25)16-8-10-17(11-9-16)23-13-5-12-21-23/h5,8-15,18H,3-4,6-7H2,1-2H3,(H,22,24). The van der Waals surface area contributed by atoms with Crippen molar-refractivity contribution in [2.75, 3.05) is 0 Å². The summed E-state index contributed by atoms with van der Waals surface area (Å²) in [5.74, 6) is -0.271. The van der Waals surface area contributed by atoms with Gasteiger partial charge in [0.05, 0.1) is 11.3 Å². The van der Waals surface area contributed by atoms with Crippen LogP contribution in [0.15, 0.2) is 42.7 Å². The lowest BCUT2D eigenvalue weighted by molar-refractivity contribution is -0.130. The predicted octanol–water partition coefficient (Wildman–Crippen LogP) is 3.11. The summed E-state index contributed by atoms with van der Waals surface area (Å²) in [6.07, 6.45) is 7.16. The van der Waals surface area contributed by atoms with Gasteiger partial charge >= 0.3 is 5.97 Å². The van der Waals surface area contributed by atoms with Crippen LogP contribution < -0.4 is 5.32 Å². The Hall–Kier alpha value is -2.63. The summed E-state index contributed by atoms with van der Waals surface area (Å²) in [6, 6.07) is 8.93. The highest BCUT2D eigenvalue weighted by Gasteiger charge is 2.26. The van der Waals surface area contributed by atoms with Gasteiger partial charge in [0.2, 0.25) is 0 Å². The van der Waals surface area contributed by atoms with Crippen LogP contribution in [0.2, 0.25) is 0 Å². The van der Waals surface area contributed by atoms with Crippen LogP contribution in [0.4, 0.5) is 0 Å². The summed E-state index contributed by atoms with van der Waals surface area (Å²) in [7, 11) is 0. The SMILES string of the molecule is CC(OC(=O)c1ccc(-n2cccn2)cc1)C(=O)NC1CCCCC1C. The molecule has 3 unspecified atom stereocenters. The molecule has 0 saturated heterocycles. The Labute approximate surface area is 153 Å². The fourth-order valence-corrected chi connectivity index (χ4v) is 3.28. The number of nitrogens with one attached hydrogen (secondary N) is 1. The van der Waals surface area contributed by atoms with Crippen LogP contribution in [0.5, 0.6) is 0 Å². The van der Waals surface area contributed by atoms with E-state index < -0.39 is 12.1 Å². The Balaban J connectivity index is 1.55. The number of hydrogen-bond donors (Lipinski definition) is 1. The number of benzene rings is 1. The molecule has 0 spiro atoms. The summed E-state index contributed by atoms with van der Waals surface area (Å²) < 4.78 is 7.04. The third-order valence-corrected chi connectivity index (χ3v) is 4.96. The molecule has 6 heteroatoms. The van der Waals surface area contributed by atoms with Crippen LogP contribution in [0.3, 0.4) is 0 Å². The predicted molar refractivity (Wildman–Crippen MR) is 98.0 cm³/mol. The van der Waals surface area contributed by atoms with Gasteiger partial charge in [-0.05, 0) is 56.0 Å². The summed E-state index contributed by atoms with van der Waals surface area (Å²) in [5.41, 5.74) is 1.26. The number of rotatable bonds is 5. The largest absolute Gasteiger partial charge is 0.449 e. The van der Waals surface area contributed by atoms with Gasteiger partial charge in [0.15, 0.2) is 6.10 Å². The Morgan fingerprint density at radius 1 is 1.23 bits per heavy atom. The quantitative estimate of drug-likeness (QED) is 0.837. The van der Waals surface area contributed by atoms with Crippen molar-refractivity contribution < 1.29 is 14.3 Å². The molecule has 138 valence electrons. The number of esters is 1. The average Bonchev–Trinajstić information content (AvgIpc) is 3.18. The van der Waals surface area contributed by atoms with Gasteiger partial charge in [-0.25, -0.2) is 9.48 Å². The number of amides is 1. The molecule has 0 radical (unpaired) electrons. The van der Waals surface area contributed by atoms with Crippen molar-refractivity contribution in [2.24, 2.45) is 5.92 Å². The molecule has 1 aliphatic rings. The van der Waals surface area contributed by atoms with Gasteiger partial charge in [-0.15, -0.1) is 0 Å². The molecule has 1 amide bonds. The molecular weight excluding hydrogens is 330 g/mol. The number of aromatic nitrogens is 2. The Morgan fingerprint density at radius 2 is 1.96 bits per heavy atom. The molecule has 1 fully saturated rings. The van der Waals surface area contributed by atoms with Gasteiger partial charge in [0.25, 0.3) is 5.91 Å². The molecule has 1 aromatic heterocycles. The first-order valence-corrected chi connectivity index (χ1v) is 9.16. The molecule has 1 aromatic carbocycles. The highest BCUT2D eigenvalue weighted by Crippen LogP contribution is 2.23. The molecule has 1 N–H and O–H groups in total. The summed E-state index contributed by atoms with van der Waals surface area (Å²) in [4.78, 5) is 24.6. The topological polar surface area (TPSA) is 73.2 Å². The van der Waals surface area contributed by atoms with Gasteiger partial charge in [0, 0.05) is 18.4 Å². The fraction of sp³-hybridized carbons (Fsp3) is 0.450. The van der Waals surface area contributed by atoms with Crippen molar-refractivity contribution in [3.8, 4) is 5.69 Å². The minimum Gasteiger partial charge on any atom is -0.449 e. The first-order chi connectivity index (χ1) is 12.5. The van der Waals surface area contributed by atoms with Crippen molar-refractivity contribution >= 4 is 11.9 Å². The zero-order chi connectivity index (χ0) is 18.5. The molecule has 1 aliphatic carbocycles. The molecule has 0 bridgehead atoms. The molecule has 3 rings (SSSR count). The van der Waals surface area contributed by atoms with E-state index in [1.54, 1.807) is 42.1 Å². The van der Waals surface area contributed by atoms with E-state index in [9.17, 15) is 9.59 Å². The van der Waals surface area contributed by atoms with E-state index in [2.05, 4.69) is 17.3 Å². The maximum atomic E-state index is 12.3. The molecule has 0 aliphatic heterocycles. The Morgan fingerprint density at radius 3 is 2.62 bits per heavy atom. The molecule has 6 nitrogen and oxygen atoms in total. The van der Waals surface area contributed by atoms with E-state index in [1.165, 1.54) is 6.42 Å². The van der Waals surface area contributed by atoms with Gasteiger partial charge in [-0.3, -0.25) is 4.79 Å². The highest BCUT2D eigenvalue weighted by molar-refractivity contribution is 5.92. The molecule has 2 aromatic rings. The van der Waals surface area contributed by atoms with Crippen LogP contribution in [0, 0.1) is 5.92 Å². The summed E-state index contributed by atoms with van der Waals surface area (Å²) in [5, 5.41) is 7.17. The van der Waals surface area contributed by atoms with E-state index in [0.29, 0.717) is 11.5 Å². The normalized spacial score (nSPS) is 21.0. The zero-order valence-electron chi connectivity index (χ0n) is 15.2. The van der Waals surface area contributed by atoms with E-state index in [1.807, 2.05) is 12.3 Å². The van der Waals surface area contributed by atoms with E-state index in [4.69, 9.17) is 4.74 Å². The lowest BCUT2D eigenvalue weighted by Gasteiger charge is -2.30. The minimum absolute atomic E-state index is 0.172. The van der Waals surface area contributed by atoms with Crippen molar-refractivity contribution in [3.63, 3.8) is 0 Å². The van der Waals surface area contributed by atoms with E-state index in [0.717, 1.165) is 24.9 Å². The molecule has 3 atom stereocenters. The second-order valence-corrected chi connectivity index (χ2v) is 6.92. The maximum absolute atomic E-state index is 12.3. The van der Waals surface area contributed by atoms with E-state index >= 15 is 0 Å². The van der Waals surface area contributed by atoms with Crippen LogP contribution in [-0.2, 0) is 9.53 Å². The molecule has 26 heavy (non-hydrogen) atoms. The van der Waals surface area contributed by atoms with E-state index in [-0.39, 0.29) is 11.9 Å². The second-order valence-electron chi connectivity index (χ2n) is 6.92. The second kappa shape index (κ2) is 8.17. The lowest BCUT2D eigenvalue weighted by atomic mass is 9.86. The number of ether oxygens (including phenoxy) is 1. The number of carbonyl (C=O) groups excluding carboxylic acids is 2. The van der Waals surface area contributed by atoms with Crippen molar-refractivity contribution in [1.29, 1.82) is 0 Å². The maximum Gasteiger partial charge on any atom is 0.338 e. The Bertz CT molecular complexity index is 740. The highest BCUT2D eigenvalue weighted by atomic mass is 16.5. The van der Waals surface area contributed by atoms with Crippen molar-refractivity contribution in [2.45, 2.75) is 51.7 Å². The van der Waals surface area contributed by atoms with Gasteiger partial charge in [-0.2, -0.15) is 5.10 Å². The van der Waals surface area contributed by atoms with Gasteiger partial charge in [0.1, 0.15) is 0 Å². The van der Waals surface area contributed by atoms with Crippen LogP contribution >= 0.6 is 0 Å². The summed E-state index contributed by atoms with van der Waals surface area (Å²) >= 11 is 0. The Kier molecular flexibility index (Phi) is 5.71. The molecule has 1 heterocycles. The number of hydrogen-bond acceptors (Lipinski definition) is 4. The van der Waals surface area contributed by atoms with Gasteiger partial charge in [-0.1, -0.05) is 19.8 Å². The molecular formula is C20H25N3O3. The lowest BCUT2D eigenvalue weighted by Crippen LogP contribution is -2.45. The first-order valence-electron chi connectivity index (χ1n) is 9.16. The van der Waals surface area contributed by atoms with Gasteiger partial charge < -0.3 is 10.1 Å². The number of nitrogens with zero attached hydrogens (tertiary/aromatic N) is 2. The summed E-state index contributed by atoms with van der Waals surface area (Å²) in [6.45, 7) is 3.76. The smallest absolute Gasteiger partial charge is 0.338 e. The minimum atomic E-state index is -0.817. The monoisotopic (exact) mass is 355 g/mol.